The first-order valence-corrected chi connectivity index (χ1v) is 5.94. The standard InChI is InChI=1S/C13H17FN2O/c14-11-6-2-1-5-10(11)13(7-3-4-8-13)16-12(17)9-15/h1-2,5-6H,3-4,7-9,15H2,(H,16,17). The van der Waals surface area contributed by atoms with E-state index in [2.05, 4.69) is 5.32 Å². The number of nitrogens with one attached hydrogen (secondary N) is 1. The van der Waals surface area contributed by atoms with E-state index in [1.807, 2.05) is 0 Å². The van der Waals surface area contributed by atoms with Crippen LogP contribution >= 0.6 is 0 Å². The molecule has 1 aliphatic rings. The molecule has 3 N–H and O–H groups in total. The lowest BCUT2D eigenvalue weighted by molar-refractivity contribution is -0.121. The van der Waals surface area contributed by atoms with E-state index in [9.17, 15) is 9.18 Å². The van der Waals surface area contributed by atoms with Crippen LogP contribution in [0, 0.1) is 5.82 Å². The summed E-state index contributed by atoms with van der Waals surface area (Å²) < 4.78 is 13.9. The molecule has 2 rings (SSSR count). The quantitative estimate of drug-likeness (QED) is 0.838. The minimum absolute atomic E-state index is 0.0593. The van der Waals surface area contributed by atoms with E-state index in [1.165, 1.54) is 6.07 Å². The second-order valence-corrected chi connectivity index (χ2v) is 4.52. The summed E-state index contributed by atoms with van der Waals surface area (Å²) in [6, 6.07) is 6.64. The van der Waals surface area contributed by atoms with Crippen LogP contribution in [0.1, 0.15) is 31.2 Å². The maximum Gasteiger partial charge on any atom is 0.234 e. The molecule has 17 heavy (non-hydrogen) atoms. The first kappa shape index (κ1) is 12.0. The lowest BCUT2D eigenvalue weighted by Gasteiger charge is -2.31. The molecule has 3 nitrogen and oxygen atoms in total. The van der Waals surface area contributed by atoms with Gasteiger partial charge in [-0.15, -0.1) is 0 Å². The average Bonchev–Trinajstić information content (AvgIpc) is 2.79. The van der Waals surface area contributed by atoms with Gasteiger partial charge in [0.15, 0.2) is 0 Å². The zero-order valence-electron chi connectivity index (χ0n) is 9.71. The van der Waals surface area contributed by atoms with Gasteiger partial charge in [0.2, 0.25) is 5.91 Å². The van der Waals surface area contributed by atoms with Crippen LogP contribution < -0.4 is 11.1 Å². The first-order chi connectivity index (χ1) is 8.18. The van der Waals surface area contributed by atoms with E-state index in [0.717, 1.165) is 25.7 Å². The molecule has 1 saturated carbocycles. The van der Waals surface area contributed by atoms with Gasteiger partial charge in [0.05, 0.1) is 12.1 Å². The summed E-state index contributed by atoms with van der Waals surface area (Å²) in [7, 11) is 0. The first-order valence-electron chi connectivity index (χ1n) is 5.94. The van der Waals surface area contributed by atoms with Crippen LogP contribution in [0.15, 0.2) is 24.3 Å². The van der Waals surface area contributed by atoms with Crippen LogP contribution in [0.4, 0.5) is 4.39 Å². The SMILES string of the molecule is NCC(=O)NC1(c2ccccc2F)CCCC1. The van der Waals surface area contributed by atoms with Crippen LogP contribution in [-0.2, 0) is 10.3 Å². The molecule has 1 aliphatic carbocycles. The van der Waals surface area contributed by atoms with Crippen LogP contribution in [0.3, 0.4) is 0 Å². The molecule has 92 valence electrons. The third kappa shape index (κ3) is 2.31. The molecule has 1 amide bonds. The van der Waals surface area contributed by atoms with E-state index < -0.39 is 5.54 Å². The van der Waals surface area contributed by atoms with Crippen LogP contribution in [0.25, 0.3) is 0 Å². The third-order valence-corrected chi connectivity index (χ3v) is 3.41. The number of nitrogens with two attached hydrogens (primary N) is 1. The van der Waals surface area contributed by atoms with Crippen molar-refractivity contribution in [2.75, 3.05) is 6.54 Å². The summed E-state index contributed by atoms with van der Waals surface area (Å²) in [4.78, 5) is 11.5. The Kier molecular flexibility index (Phi) is 3.43. The van der Waals surface area contributed by atoms with Crippen molar-refractivity contribution in [3.8, 4) is 0 Å². The molecule has 0 unspecified atom stereocenters. The Bertz CT molecular complexity index is 414. The normalized spacial score (nSPS) is 18.0. The van der Waals surface area contributed by atoms with Gasteiger partial charge in [0, 0.05) is 5.56 Å². The Morgan fingerprint density at radius 3 is 2.59 bits per heavy atom. The van der Waals surface area contributed by atoms with Gasteiger partial charge in [-0.25, -0.2) is 4.39 Å². The summed E-state index contributed by atoms with van der Waals surface area (Å²) in [5.41, 5.74) is 5.35. The monoisotopic (exact) mass is 236 g/mol. The minimum atomic E-state index is -0.554. The van der Waals surface area contributed by atoms with Crippen LogP contribution in [0.2, 0.25) is 0 Å². The summed E-state index contributed by atoms with van der Waals surface area (Å²) in [6.45, 7) is -0.0593. The Morgan fingerprint density at radius 1 is 1.35 bits per heavy atom. The predicted octanol–water partition coefficient (Wildman–Crippen LogP) is 1.67. The minimum Gasteiger partial charge on any atom is -0.345 e. The van der Waals surface area contributed by atoms with Crippen molar-refractivity contribution < 1.29 is 9.18 Å². The largest absolute Gasteiger partial charge is 0.345 e. The molecule has 1 aromatic carbocycles. The second-order valence-electron chi connectivity index (χ2n) is 4.52. The second kappa shape index (κ2) is 4.84. The third-order valence-electron chi connectivity index (χ3n) is 3.41. The molecule has 0 saturated heterocycles. The predicted molar refractivity (Wildman–Crippen MR) is 63.7 cm³/mol. The molecule has 0 radical (unpaired) electrons. The van der Waals surface area contributed by atoms with Crippen molar-refractivity contribution in [3.63, 3.8) is 0 Å². The number of benzene rings is 1. The number of halogens is 1. The lowest BCUT2D eigenvalue weighted by Crippen LogP contribution is -2.46. The van der Waals surface area contributed by atoms with Crippen LogP contribution in [0.5, 0.6) is 0 Å². The van der Waals surface area contributed by atoms with Crippen molar-refractivity contribution in [2.45, 2.75) is 31.2 Å². The highest BCUT2D eigenvalue weighted by Gasteiger charge is 2.38. The number of hydrogen-bond donors (Lipinski definition) is 2. The number of rotatable bonds is 3. The molecule has 0 bridgehead atoms. The van der Waals surface area contributed by atoms with Crippen molar-refractivity contribution in [1.82, 2.24) is 5.32 Å². The molecular weight excluding hydrogens is 219 g/mol. The summed E-state index contributed by atoms with van der Waals surface area (Å²) in [5, 5.41) is 2.90. The average molecular weight is 236 g/mol. The highest BCUT2D eigenvalue weighted by Crippen LogP contribution is 2.39. The molecule has 0 aromatic heterocycles. The van der Waals surface area contributed by atoms with Gasteiger partial charge in [-0.3, -0.25) is 4.79 Å². The Morgan fingerprint density at radius 2 is 2.00 bits per heavy atom. The van der Waals surface area contributed by atoms with E-state index in [-0.39, 0.29) is 18.3 Å². The molecule has 4 heteroatoms. The van der Waals surface area contributed by atoms with Crippen molar-refractivity contribution in [3.05, 3.63) is 35.6 Å². The molecule has 1 aromatic rings. The summed E-state index contributed by atoms with van der Waals surface area (Å²) in [6.07, 6.45) is 3.55. The molecule has 1 fully saturated rings. The van der Waals surface area contributed by atoms with Gasteiger partial charge in [0.1, 0.15) is 5.82 Å². The topological polar surface area (TPSA) is 55.1 Å². The fraction of sp³-hybridized carbons (Fsp3) is 0.462. The maximum absolute atomic E-state index is 13.9. The molecular formula is C13H17FN2O. The lowest BCUT2D eigenvalue weighted by atomic mass is 9.87. The molecule has 0 spiro atoms. The highest BCUT2D eigenvalue weighted by atomic mass is 19.1. The van der Waals surface area contributed by atoms with Gasteiger partial charge < -0.3 is 11.1 Å². The Labute approximate surface area is 100 Å². The number of hydrogen-bond acceptors (Lipinski definition) is 2. The van der Waals surface area contributed by atoms with Gasteiger partial charge in [-0.2, -0.15) is 0 Å². The Balaban J connectivity index is 2.34. The van der Waals surface area contributed by atoms with Crippen molar-refractivity contribution >= 4 is 5.91 Å². The van der Waals surface area contributed by atoms with Crippen LogP contribution in [-0.4, -0.2) is 12.5 Å². The highest BCUT2D eigenvalue weighted by molar-refractivity contribution is 5.78. The van der Waals surface area contributed by atoms with Gasteiger partial charge >= 0.3 is 0 Å². The number of carbonyl (C=O) groups excluding carboxylic acids is 1. The fourth-order valence-corrected chi connectivity index (χ4v) is 2.61. The summed E-state index contributed by atoms with van der Waals surface area (Å²) in [5.74, 6) is -0.484. The van der Waals surface area contributed by atoms with Gasteiger partial charge in [0.25, 0.3) is 0 Å². The molecule has 0 heterocycles. The Hall–Kier alpha value is -1.42. The number of carbonyl (C=O) groups is 1. The molecule has 0 aliphatic heterocycles. The fourth-order valence-electron chi connectivity index (χ4n) is 2.61. The summed E-state index contributed by atoms with van der Waals surface area (Å²) >= 11 is 0. The van der Waals surface area contributed by atoms with Gasteiger partial charge in [-0.1, -0.05) is 31.0 Å². The van der Waals surface area contributed by atoms with Crippen molar-refractivity contribution in [2.24, 2.45) is 5.73 Å². The zero-order chi connectivity index (χ0) is 12.3. The van der Waals surface area contributed by atoms with Crippen molar-refractivity contribution in [1.29, 1.82) is 0 Å². The van der Waals surface area contributed by atoms with E-state index in [1.54, 1.807) is 18.2 Å². The maximum atomic E-state index is 13.9. The smallest absolute Gasteiger partial charge is 0.234 e. The molecule has 0 atom stereocenters. The van der Waals surface area contributed by atoms with E-state index >= 15 is 0 Å². The van der Waals surface area contributed by atoms with Gasteiger partial charge in [-0.05, 0) is 18.9 Å². The zero-order valence-corrected chi connectivity index (χ0v) is 9.71. The van der Waals surface area contributed by atoms with E-state index in [4.69, 9.17) is 5.73 Å². The van der Waals surface area contributed by atoms with E-state index in [0.29, 0.717) is 5.56 Å². The number of amides is 1.